The van der Waals surface area contributed by atoms with Crippen LogP contribution in [0.1, 0.15) is 43.7 Å². The molecule has 2 amide bonds. The fourth-order valence-electron chi connectivity index (χ4n) is 4.01. The molecule has 2 aliphatic rings. The number of ether oxygens (including phenoxy) is 1. The first-order valence-electron chi connectivity index (χ1n) is 9.92. The lowest BCUT2D eigenvalue weighted by atomic mass is 10.0. The van der Waals surface area contributed by atoms with E-state index >= 15 is 0 Å². The number of piperidine rings is 2. The van der Waals surface area contributed by atoms with Crippen molar-refractivity contribution >= 4 is 22.9 Å². The molecule has 0 aliphatic carbocycles. The predicted molar refractivity (Wildman–Crippen MR) is 102 cm³/mol. The Hall–Kier alpha value is -2.45. The van der Waals surface area contributed by atoms with Gasteiger partial charge in [-0.15, -0.1) is 0 Å². The quantitative estimate of drug-likeness (QED) is 0.572. The Morgan fingerprint density at radius 3 is 2.75 bits per heavy atom. The maximum absolute atomic E-state index is 12.5. The fourth-order valence-corrected chi connectivity index (χ4v) is 4.01. The summed E-state index contributed by atoms with van der Waals surface area (Å²) in [7, 11) is 0. The van der Waals surface area contributed by atoms with Crippen LogP contribution in [0.15, 0.2) is 27.4 Å². The predicted octanol–water partition coefficient (Wildman–Crippen LogP) is 1.27. The van der Waals surface area contributed by atoms with Crippen molar-refractivity contribution in [2.45, 2.75) is 50.7 Å². The Morgan fingerprint density at radius 1 is 1.14 bits per heavy atom. The molecular formula is C20H25N3O5. The van der Waals surface area contributed by atoms with E-state index in [2.05, 4.69) is 10.6 Å². The van der Waals surface area contributed by atoms with Crippen LogP contribution in [0.25, 0.3) is 11.1 Å². The minimum Gasteiger partial charge on any atom is -0.407 e. The Bertz CT molecular complexity index is 926. The molecule has 2 aromatic rings. The zero-order valence-electron chi connectivity index (χ0n) is 15.7. The number of aromatic nitrogens is 1. The molecule has 0 bridgehead atoms. The highest BCUT2D eigenvalue weighted by atomic mass is 16.5. The van der Waals surface area contributed by atoms with Crippen molar-refractivity contribution in [2.75, 3.05) is 19.7 Å². The van der Waals surface area contributed by atoms with Gasteiger partial charge in [0.15, 0.2) is 5.58 Å². The molecule has 2 fully saturated rings. The fraction of sp³-hybridized carbons (Fsp3) is 0.550. The topological polar surface area (TPSA) is 103 Å². The van der Waals surface area contributed by atoms with Gasteiger partial charge in [-0.3, -0.25) is 19.5 Å². The van der Waals surface area contributed by atoms with Crippen molar-refractivity contribution in [3.05, 3.63) is 34.3 Å². The van der Waals surface area contributed by atoms with E-state index in [0.29, 0.717) is 30.2 Å². The average molecular weight is 387 g/mol. The summed E-state index contributed by atoms with van der Waals surface area (Å²) in [4.78, 5) is 36.0. The molecule has 1 unspecified atom stereocenters. The van der Waals surface area contributed by atoms with Gasteiger partial charge in [-0.2, -0.15) is 0 Å². The van der Waals surface area contributed by atoms with Gasteiger partial charge >= 0.3 is 5.76 Å². The Labute approximate surface area is 162 Å². The summed E-state index contributed by atoms with van der Waals surface area (Å²) in [5.74, 6) is -1.33. The molecule has 1 atom stereocenters. The third-order valence-electron chi connectivity index (χ3n) is 5.47. The van der Waals surface area contributed by atoms with Crippen molar-refractivity contribution in [1.29, 1.82) is 0 Å². The number of carbonyl (C=O) groups is 2. The molecule has 3 heterocycles. The standard InChI is InChI=1S/C20H25N3O5/c24-17-7-6-16(19(25)22-17)23-15-5-1-3-13(18(15)28-20(23)26)4-2-12-27-14-8-10-21-11-9-14/h1,3,5,14,16,21H,2,4,6-12H2,(H,22,24,25). The Kier molecular flexibility index (Phi) is 5.59. The van der Waals surface area contributed by atoms with Crippen LogP contribution in [0.3, 0.4) is 0 Å². The number of nitrogens with one attached hydrogen (secondary N) is 2. The molecule has 8 heteroatoms. The molecule has 0 radical (unpaired) electrons. The number of amides is 2. The van der Waals surface area contributed by atoms with Crippen molar-refractivity contribution in [1.82, 2.24) is 15.2 Å². The van der Waals surface area contributed by atoms with Crippen LogP contribution in [0, 0.1) is 0 Å². The summed E-state index contributed by atoms with van der Waals surface area (Å²) >= 11 is 0. The second-order valence-electron chi connectivity index (χ2n) is 7.39. The summed E-state index contributed by atoms with van der Waals surface area (Å²) < 4.78 is 12.8. The van der Waals surface area contributed by atoms with Gasteiger partial charge in [0.05, 0.1) is 11.6 Å². The van der Waals surface area contributed by atoms with Crippen LogP contribution in [-0.2, 0) is 20.7 Å². The van der Waals surface area contributed by atoms with Crippen LogP contribution in [0.2, 0.25) is 0 Å². The monoisotopic (exact) mass is 387 g/mol. The molecular weight excluding hydrogens is 362 g/mol. The maximum Gasteiger partial charge on any atom is 0.420 e. The number of imide groups is 1. The lowest BCUT2D eigenvalue weighted by molar-refractivity contribution is -0.135. The molecule has 0 spiro atoms. The van der Waals surface area contributed by atoms with Gasteiger partial charge in [0.1, 0.15) is 6.04 Å². The summed E-state index contributed by atoms with van der Waals surface area (Å²) in [6, 6.07) is 4.86. The molecule has 2 aliphatic heterocycles. The van der Waals surface area contributed by atoms with Crippen LogP contribution >= 0.6 is 0 Å². The number of rotatable bonds is 6. The number of para-hydroxylation sites is 1. The Morgan fingerprint density at radius 2 is 1.96 bits per heavy atom. The summed E-state index contributed by atoms with van der Waals surface area (Å²) in [5.41, 5.74) is 2.03. The molecule has 4 rings (SSSR count). The first kappa shape index (κ1) is 18.9. The normalized spacial score (nSPS) is 21.2. The van der Waals surface area contributed by atoms with E-state index in [1.54, 1.807) is 6.07 Å². The first-order chi connectivity index (χ1) is 13.6. The smallest absolute Gasteiger partial charge is 0.407 e. The highest BCUT2D eigenvalue weighted by Crippen LogP contribution is 2.25. The minimum absolute atomic E-state index is 0.212. The second kappa shape index (κ2) is 8.28. The van der Waals surface area contributed by atoms with E-state index in [4.69, 9.17) is 9.15 Å². The van der Waals surface area contributed by atoms with Crippen molar-refractivity contribution in [2.24, 2.45) is 0 Å². The largest absolute Gasteiger partial charge is 0.420 e. The molecule has 150 valence electrons. The number of oxazole rings is 1. The number of nitrogens with zero attached hydrogens (tertiary/aromatic N) is 1. The van der Waals surface area contributed by atoms with Crippen LogP contribution in [0.4, 0.5) is 0 Å². The van der Waals surface area contributed by atoms with E-state index in [1.165, 1.54) is 4.57 Å². The van der Waals surface area contributed by atoms with E-state index in [9.17, 15) is 14.4 Å². The van der Waals surface area contributed by atoms with Crippen molar-refractivity contribution in [3.8, 4) is 0 Å². The summed E-state index contributed by atoms with van der Waals surface area (Å²) in [6.45, 7) is 2.67. The number of benzene rings is 1. The van der Waals surface area contributed by atoms with E-state index in [-0.39, 0.29) is 12.3 Å². The highest BCUT2D eigenvalue weighted by Gasteiger charge is 2.31. The van der Waals surface area contributed by atoms with Gasteiger partial charge in [0, 0.05) is 13.0 Å². The second-order valence-corrected chi connectivity index (χ2v) is 7.39. The van der Waals surface area contributed by atoms with Crippen LogP contribution in [-0.4, -0.2) is 42.2 Å². The third-order valence-corrected chi connectivity index (χ3v) is 5.47. The van der Waals surface area contributed by atoms with Crippen molar-refractivity contribution < 1.29 is 18.7 Å². The SMILES string of the molecule is O=C1CCC(n2c(=O)oc3c(CCCOC4CCNCC4)cccc32)C(=O)N1. The number of aryl methyl sites for hydroxylation is 1. The summed E-state index contributed by atoms with van der Waals surface area (Å²) in [6.07, 6.45) is 4.47. The molecule has 0 saturated carbocycles. The van der Waals surface area contributed by atoms with Crippen molar-refractivity contribution in [3.63, 3.8) is 0 Å². The van der Waals surface area contributed by atoms with Crippen LogP contribution < -0.4 is 16.4 Å². The number of hydrogen-bond acceptors (Lipinski definition) is 6. The molecule has 1 aromatic heterocycles. The highest BCUT2D eigenvalue weighted by molar-refractivity contribution is 6.00. The molecule has 2 saturated heterocycles. The van der Waals surface area contributed by atoms with Gasteiger partial charge in [0.2, 0.25) is 11.8 Å². The van der Waals surface area contributed by atoms with Gasteiger partial charge in [-0.1, -0.05) is 12.1 Å². The first-order valence-corrected chi connectivity index (χ1v) is 9.92. The van der Waals surface area contributed by atoms with Gasteiger partial charge in [0.25, 0.3) is 0 Å². The van der Waals surface area contributed by atoms with Crippen LogP contribution in [0.5, 0.6) is 0 Å². The van der Waals surface area contributed by atoms with E-state index < -0.39 is 17.7 Å². The number of fused-ring (bicyclic) bond motifs is 1. The lowest BCUT2D eigenvalue weighted by Gasteiger charge is -2.22. The summed E-state index contributed by atoms with van der Waals surface area (Å²) in [5, 5.41) is 5.62. The molecule has 2 N–H and O–H groups in total. The maximum atomic E-state index is 12.5. The lowest BCUT2D eigenvalue weighted by Crippen LogP contribution is -2.43. The Balaban J connectivity index is 1.47. The molecule has 1 aromatic carbocycles. The number of carbonyl (C=O) groups excluding carboxylic acids is 2. The van der Waals surface area contributed by atoms with E-state index in [1.807, 2.05) is 12.1 Å². The minimum atomic E-state index is -0.718. The zero-order valence-corrected chi connectivity index (χ0v) is 15.7. The van der Waals surface area contributed by atoms with Gasteiger partial charge < -0.3 is 14.5 Å². The molecule has 28 heavy (non-hydrogen) atoms. The zero-order chi connectivity index (χ0) is 19.5. The molecule has 8 nitrogen and oxygen atoms in total. The number of hydrogen-bond donors (Lipinski definition) is 2. The van der Waals surface area contributed by atoms with E-state index in [0.717, 1.165) is 44.3 Å². The van der Waals surface area contributed by atoms with Gasteiger partial charge in [-0.25, -0.2) is 4.79 Å². The van der Waals surface area contributed by atoms with Gasteiger partial charge in [-0.05, 0) is 56.8 Å². The average Bonchev–Trinajstić information content (AvgIpc) is 3.03. The third kappa shape index (κ3) is 3.88.